The number of carbonyl (C=O) groups excluding carboxylic acids is 2. The highest BCUT2D eigenvalue weighted by atomic mass is 16.3. The molecule has 0 saturated heterocycles. The normalized spacial score (nSPS) is 10.5. The summed E-state index contributed by atoms with van der Waals surface area (Å²) in [5.74, 6) is -2.91. The third-order valence-corrected chi connectivity index (χ3v) is 3.31. The number of hydrogen-bond donors (Lipinski definition) is 4. The molecular weight excluding hydrogens is 288 g/mol. The van der Waals surface area contributed by atoms with Gasteiger partial charge in [0.05, 0.1) is 0 Å². The average Bonchev–Trinajstić information content (AvgIpc) is 2.39. The van der Waals surface area contributed by atoms with Crippen molar-refractivity contribution in [1.29, 1.82) is 0 Å². The molecule has 6 nitrogen and oxygen atoms in total. The van der Waals surface area contributed by atoms with Gasteiger partial charge in [-0.1, -0.05) is 0 Å². The lowest BCUT2D eigenvalue weighted by molar-refractivity contribution is 0.0998. The van der Waals surface area contributed by atoms with E-state index in [0.717, 1.165) is 0 Å². The molecule has 0 aromatic heterocycles. The molecule has 0 atom stereocenters. The first kappa shape index (κ1) is 15.4. The maximum Gasteiger partial charge on any atom is 0.167 e. The second kappa shape index (κ2) is 5.40. The Morgan fingerprint density at radius 2 is 1.00 bits per heavy atom. The Morgan fingerprint density at radius 3 is 1.27 bits per heavy atom. The Kier molecular flexibility index (Phi) is 3.77. The van der Waals surface area contributed by atoms with Crippen molar-refractivity contribution in [2.24, 2.45) is 0 Å². The molecule has 0 amide bonds. The molecule has 0 radical (unpaired) electrons. The zero-order chi connectivity index (χ0) is 16.6. The van der Waals surface area contributed by atoms with Gasteiger partial charge in [0.1, 0.15) is 34.1 Å². The van der Waals surface area contributed by atoms with E-state index < -0.39 is 23.1 Å². The number of rotatable bonds is 3. The summed E-state index contributed by atoms with van der Waals surface area (Å²) >= 11 is 0. The van der Waals surface area contributed by atoms with E-state index >= 15 is 0 Å². The standard InChI is InChI=1S/C16H14O6/c1-7(17)13-11(19)5-3-9(15(13)21)10-4-6-12(20)14(8(2)18)16(10)22/h3-6,19-22H,1-2H3. The molecule has 0 aliphatic rings. The van der Waals surface area contributed by atoms with Crippen LogP contribution in [0.4, 0.5) is 0 Å². The predicted octanol–water partition coefficient (Wildman–Crippen LogP) is 2.58. The molecule has 0 saturated carbocycles. The van der Waals surface area contributed by atoms with Gasteiger partial charge in [0.15, 0.2) is 11.6 Å². The minimum Gasteiger partial charge on any atom is -0.507 e. The zero-order valence-electron chi connectivity index (χ0n) is 11.9. The second-order valence-electron chi connectivity index (χ2n) is 4.82. The lowest BCUT2D eigenvalue weighted by atomic mass is 9.95. The monoisotopic (exact) mass is 302 g/mol. The smallest absolute Gasteiger partial charge is 0.167 e. The molecule has 2 aromatic rings. The quantitative estimate of drug-likeness (QED) is 0.648. The SMILES string of the molecule is CC(=O)c1c(O)ccc(-c2ccc(O)c(C(C)=O)c2O)c1O. The Bertz CT molecular complexity index is 724. The molecule has 2 rings (SSSR count). The molecule has 4 N–H and O–H groups in total. The summed E-state index contributed by atoms with van der Waals surface area (Å²) in [7, 11) is 0. The van der Waals surface area contributed by atoms with Crippen molar-refractivity contribution >= 4 is 11.6 Å². The van der Waals surface area contributed by atoms with Gasteiger partial charge in [-0.05, 0) is 38.1 Å². The third-order valence-electron chi connectivity index (χ3n) is 3.31. The Hall–Kier alpha value is -3.02. The van der Waals surface area contributed by atoms with Crippen LogP contribution in [0.2, 0.25) is 0 Å². The van der Waals surface area contributed by atoms with Crippen molar-refractivity contribution in [3.63, 3.8) is 0 Å². The highest BCUT2D eigenvalue weighted by Gasteiger charge is 2.22. The predicted molar refractivity (Wildman–Crippen MR) is 78.5 cm³/mol. The van der Waals surface area contributed by atoms with Crippen LogP contribution in [-0.4, -0.2) is 32.0 Å². The van der Waals surface area contributed by atoms with Gasteiger partial charge in [-0.25, -0.2) is 0 Å². The lowest BCUT2D eigenvalue weighted by Gasteiger charge is -2.13. The summed E-state index contributed by atoms with van der Waals surface area (Å²) in [6.07, 6.45) is 0. The molecule has 0 aliphatic heterocycles. The maximum atomic E-state index is 11.5. The van der Waals surface area contributed by atoms with Crippen LogP contribution >= 0.6 is 0 Å². The van der Waals surface area contributed by atoms with Crippen molar-refractivity contribution in [3.05, 3.63) is 35.4 Å². The molecule has 22 heavy (non-hydrogen) atoms. The van der Waals surface area contributed by atoms with E-state index in [4.69, 9.17) is 0 Å². The van der Waals surface area contributed by atoms with E-state index in [9.17, 15) is 30.0 Å². The molecule has 6 heteroatoms. The summed E-state index contributed by atoms with van der Waals surface area (Å²) in [6.45, 7) is 2.35. The van der Waals surface area contributed by atoms with Gasteiger partial charge >= 0.3 is 0 Å². The molecule has 0 bridgehead atoms. The van der Waals surface area contributed by atoms with Crippen molar-refractivity contribution in [3.8, 4) is 34.1 Å². The summed E-state index contributed by atoms with van der Waals surface area (Å²) in [5, 5.41) is 39.7. The van der Waals surface area contributed by atoms with Crippen molar-refractivity contribution in [2.75, 3.05) is 0 Å². The van der Waals surface area contributed by atoms with E-state index in [2.05, 4.69) is 0 Å². The molecule has 0 unspecified atom stereocenters. The van der Waals surface area contributed by atoms with Crippen LogP contribution in [0.1, 0.15) is 34.6 Å². The third kappa shape index (κ3) is 2.35. The molecule has 0 heterocycles. The van der Waals surface area contributed by atoms with E-state index in [1.165, 1.54) is 38.1 Å². The van der Waals surface area contributed by atoms with Gasteiger partial charge in [-0.2, -0.15) is 0 Å². The van der Waals surface area contributed by atoms with Crippen LogP contribution in [0.3, 0.4) is 0 Å². The van der Waals surface area contributed by atoms with Gasteiger partial charge in [0, 0.05) is 11.1 Å². The Labute approximate surface area is 125 Å². The highest BCUT2D eigenvalue weighted by molar-refractivity contribution is 6.04. The molecule has 0 fully saturated rings. The number of hydrogen-bond acceptors (Lipinski definition) is 6. The summed E-state index contributed by atoms with van der Waals surface area (Å²) < 4.78 is 0. The first-order valence-corrected chi connectivity index (χ1v) is 6.37. The minimum atomic E-state index is -0.554. The van der Waals surface area contributed by atoms with Crippen molar-refractivity contribution < 1.29 is 30.0 Å². The molecular formula is C16H14O6. The number of aromatic hydroxyl groups is 4. The van der Waals surface area contributed by atoms with E-state index in [0.29, 0.717) is 0 Å². The van der Waals surface area contributed by atoms with Gasteiger partial charge in [-0.15, -0.1) is 0 Å². The first-order valence-electron chi connectivity index (χ1n) is 6.37. The van der Waals surface area contributed by atoms with Crippen LogP contribution in [0.5, 0.6) is 23.0 Å². The van der Waals surface area contributed by atoms with Crippen LogP contribution in [0.15, 0.2) is 24.3 Å². The number of Topliss-reactive ketones (excluding diaryl/α,β-unsaturated/α-hetero) is 2. The van der Waals surface area contributed by atoms with Gasteiger partial charge in [-0.3, -0.25) is 9.59 Å². The highest BCUT2D eigenvalue weighted by Crippen LogP contribution is 2.43. The number of phenols is 4. The van der Waals surface area contributed by atoms with Crippen LogP contribution in [0.25, 0.3) is 11.1 Å². The Morgan fingerprint density at radius 1 is 0.682 bits per heavy atom. The van der Waals surface area contributed by atoms with Crippen LogP contribution in [0, 0.1) is 0 Å². The summed E-state index contributed by atoms with van der Waals surface area (Å²) in [5.41, 5.74) is -0.449. The molecule has 0 aliphatic carbocycles. The van der Waals surface area contributed by atoms with Gasteiger partial charge in [0.25, 0.3) is 0 Å². The zero-order valence-corrected chi connectivity index (χ0v) is 11.9. The summed E-state index contributed by atoms with van der Waals surface area (Å²) in [6, 6.07) is 5.00. The van der Waals surface area contributed by atoms with E-state index in [1.807, 2.05) is 0 Å². The van der Waals surface area contributed by atoms with Gasteiger partial charge in [0.2, 0.25) is 0 Å². The fourth-order valence-corrected chi connectivity index (χ4v) is 2.29. The van der Waals surface area contributed by atoms with Crippen LogP contribution < -0.4 is 0 Å². The van der Waals surface area contributed by atoms with E-state index in [-0.39, 0.29) is 33.8 Å². The second-order valence-corrected chi connectivity index (χ2v) is 4.82. The number of carbonyl (C=O) groups is 2. The topological polar surface area (TPSA) is 115 Å². The molecule has 0 spiro atoms. The Balaban J connectivity index is 2.79. The largest absolute Gasteiger partial charge is 0.507 e. The van der Waals surface area contributed by atoms with Crippen LogP contribution in [-0.2, 0) is 0 Å². The van der Waals surface area contributed by atoms with Crippen molar-refractivity contribution in [1.82, 2.24) is 0 Å². The fourth-order valence-electron chi connectivity index (χ4n) is 2.29. The number of benzene rings is 2. The number of phenolic OH excluding ortho intramolecular Hbond substituents is 4. The average molecular weight is 302 g/mol. The minimum absolute atomic E-state index is 0.0583. The summed E-state index contributed by atoms with van der Waals surface area (Å²) in [4.78, 5) is 23.0. The van der Waals surface area contributed by atoms with Gasteiger partial charge < -0.3 is 20.4 Å². The fraction of sp³-hybridized carbons (Fsp3) is 0.125. The maximum absolute atomic E-state index is 11.5. The molecule has 2 aromatic carbocycles. The van der Waals surface area contributed by atoms with E-state index in [1.54, 1.807) is 0 Å². The molecule has 114 valence electrons. The van der Waals surface area contributed by atoms with Crippen molar-refractivity contribution in [2.45, 2.75) is 13.8 Å². The lowest BCUT2D eigenvalue weighted by Crippen LogP contribution is -1.98. The first-order chi connectivity index (χ1) is 10.3. The number of ketones is 2.